The van der Waals surface area contributed by atoms with Gasteiger partial charge in [0.1, 0.15) is 6.04 Å². The lowest BCUT2D eigenvalue weighted by Crippen LogP contribution is -2.60. The van der Waals surface area contributed by atoms with E-state index in [2.05, 4.69) is 10.3 Å². The van der Waals surface area contributed by atoms with Crippen molar-refractivity contribution >= 4 is 23.2 Å². The Labute approximate surface area is 218 Å². The van der Waals surface area contributed by atoms with Crippen molar-refractivity contribution < 1.29 is 27.6 Å². The van der Waals surface area contributed by atoms with Gasteiger partial charge in [0.05, 0.1) is 29.6 Å². The van der Waals surface area contributed by atoms with Gasteiger partial charge in [0.25, 0.3) is 5.91 Å². The van der Waals surface area contributed by atoms with Crippen LogP contribution in [0.4, 0.5) is 13.2 Å². The Bertz CT molecular complexity index is 1320. The minimum atomic E-state index is -5.13. The van der Waals surface area contributed by atoms with Crippen molar-refractivity contribution in [3.63, 3.8) is 0 Å². The fraction of sp³-hybridized carbons (Fsp3) is 0.407. The van der Waals surface area contributed by atoms with Crippen molar-refractivity contribution in [2.75, 3.05) is 13.1 Å². The standard InChI is InChI=1S/C27H30F3N5O3/c1-26(2,3)22(33-25(38)27(28,29)30)23(36)32-20-15-34(13-11-18(20)17-8-5-4-6-9-17)24(37)19-10-7-12-35-16-31-14-21(19)35/h4-10,12,14,16,18,20,22H,11,13,15H2,1-3H3,(H,32,36)(H,33,38)/t18-,20+,22-/m1/s1. The molecule has 1 fully saturated rings. The van der Waals surface area contributed by atoms with E-state index in [1.807, 2.05) is 35.6 Å². The highest BCUT2D eigenvalue weighted by molar-refractivity contribution is 6.00. The zero-order valence-electron chi connectivity index (χ0n) is 21.3. The number of pyridine rings is 1. The Morgan fingerprint density at radius 3 is 2.42 bits per heavy atom. The van der Waals surface area contributed by atoms with E-state index >= 15 is 0 Å². The van der Waals surface area contributed by atoms with Gasteiger partial charge in [-0.25, -0.2) is 4.98 Å². The van der Waals surface area contributed by atoms with Crippen molar-refractivity contribution in [2.24, 2.45) is 5.41 Å². The van der Waals surface area contributed by atoms with Gasteiger partial charge >= 0.3 is 12.1 Å². The van der Waals surface area contributed by atoms with Crippen LogP contribution in [-0.2, 0) is 9.59 Å². The molecule has 4 rings (SSSR count). The zero-order chi connectivity index (χ0) is 27.7. The number of alkyl halides is 3. The van der Waals surface area contributed by atoms with E-state index in [4.69, 9.17) is 0 Å². The first kappa shape index (κ1) is 27.2. The number of fused-ring (bicyclic) bond motifs is 1. The monoisotopic (exact) mass is 529 g/mol. The first-order valence-electron chi connectivity index (χ1n) is 12.3. The summed E-state index contributed by atoms with van der Waals surface area (Å²) in [5.74, 6) is -3.34. The van der Waals surface area contributed by atoms with Gasteiger partial charge in [-0.15, -0.1) is 0 Å². The number of likely N-dealkylation sites (tertiary alicyclic amines) is 1. The van der Waals surface area contributed by atoms with E-state index in [-0.39, 0.29) is 18.4 Å². The smallest absolute Gasteiger partial charge is 0.349 e. The molecule has 0 aliphatic carbocycles. The molecule has 3 aromatic rings. The van der Waals surface area contributed by atoms with Gasteiger partial charge in [0.15, 0.2) is 0 Å². The van der Waals surface area contributed by atoms with Crippen molar-refractivity contribution in [2.45, 2.75) is 51.4 Å². The number of aromatic nitrogens is 2. The van der Waals surface area contributed by atoms with E-state index < -0.39 is 35.5 Å². The molecule has 0 saturated carbocycles. The fourth-order valence-electron chi connectivity index (χ4n) is 4.84. The van der Waals surface area contributed by atoms with Crippen LogP contribution in [0.1, 0.15) is 49.0 Å². The highest BCUT2D eigenvalue weighted by atomic mass is 19.4. The zero-order valence-corrected chi connectivity index (χ0v) is 21.3. The van der Waals surface area contributed by atoms with Crippen molar-refractivity contribution in [3.8, 4) is 0 Å². The second-order valence-electron chi connectivity index (χ2n) is 10.6. The molecule has 8 nitrogen and oxygen atoms in total. The largest absolute Gasteiger partial charge is 0.471 e. The Morgan fingerprint density at radius 2 is 1.76 bits per heavy atom. The average Bonchev–Trinajstić information content (AvgIpc) is 3.35. The molecule has 3 atom stereocenters. The molecule has 2 aromatic heterocycles. The van der Waals surface area contributed by atoms with Gasteiger partial charge in [-0.2, -0.15) is 13.2 Å². The van der Waals surface area contributed by atoms with Crippen LogP contribution in [-0.4, -0.2) is 63.4 Å². The Hall–Kier alpha value is -3.89. The lowest BCUT2D eigenvalue weighted by atomic mass is 9.83. The molecule has 202 valence electrons. The SMILES string of the molecule is CC(C)(C)[C@H](NC(=O)C(F)(F)F)C(=O)N[C@H]1CN(C(=O)c2cccn3cncc23)CC[C@@H]1c1ccccc1. The first-order valence-corrected chi connectivity index (χ1v) is 12.3. The number of piperidine rings is 1. The summed E-state index contributed by atoms with van der Waals surface area (Å²) in [7, 11) is 0. The molecular formula is C27H30F3N5O3. The maximum atomic E-state index is 13.5. The molecule has 2 N–H and O–H groups in total. The summed E-state index contributed by atoms with van der Waals surface area (Å²) >= 11 is 0. The van der Waals surface area contributed by atoms with E-state index in [0.717, 1.165) is 5.56 Å². The van der Waals surface area contributed by atoms with E-state index in [1.54, 1.807) is 60.9 Å². The van der Waals surface area contributed by atoms with E-state index in [0.29, 0.717) is 24.0 Å². The van der Waals surface area contributed by atoms with Crippen molar-refractivity contribution in [1.29, 1.82) is 0 Å². The Kier molecular flexibility index (Phi) is 7.48. The third-order valence-electron chi connectivity index (χ3n) is 6.80. The summed E-state index contributed by atoms with van der Waals surface area (Å²) in [6.07, 6.45) is 0.377. The van der Waals surface area contributed by atoms with Crippen LogP contribution in [0.3, 0.4) is 0 Å². The molecule has 0 spiro atoms. The quantitative estimate of drug-likeness (QED) is 0.529. The van der Waals surface area contributed by atoms with Crippen LogP contribution in [0.25, 0.3) is 5.52 Å². The number of nitrogens with zero attached hydrogens (tertiary/aromatic N) is 3. The minimum Gasteiger partial charge on any atom is -0.349 e. The highest BCUT2D eigenvalue weighted by Crippen LogP contribution is 2.31. The number of hydrogen-bond acceptors (Lipinski definition) is 4. The number of carbonyl (C=O) groups excluding carboxylic acids is 3. The minimum absolute atomic E-state index is 0.142. The number of rotatable bonds is 5. The normalized spacial score (nSPS) is 19.2. The van der Waals surface area contributed by atoms with Crippen molar-refractivity contribution in [3.05, 3.63) is 72.3 Å². The fourth-order valence-corrected chi connectivity index (χ4v) is 4.84. The number of halogens is 3. The van der Waals surface area contributed by atoms with E-state index in [1.165, 1.54) is 0 Å². The lowest BCUT2D eigenvalue weighted by molar-refractivity contribution is -0.175. The first-order chi connectivity index (χ1) is 17.9. The van der Waals surface area contributed by atoms with Crippen LogP contribution in [0.15, 0.2) is 61.2 Å². The van der Waals surface area contributed by atoms with Gasteiger partial charge in [0, 0.05) is 25.2 Å². The molecule has 3 heterocycles. The van der Waals surface area contributed by atoms with Gasteiger partial charge < -0.3 is 19.9 Å². The second kappa shape index (κ2) is 10.5. The third-order valence-corrected chi connectivity index (χ3v) is 6.80. The summed E-state index contributed by atoms with van der Waals surface area (Å²) < 4.78 is 40.7. The maximum Gasteiger partial charge on any atom is 0.471 e. The van der Waals surface area contributed by atoms with Gasteiger partial charge in [0.2, 0.25) is 5.91 Å². The predicted molar refractivity (Wildman–Crippen MR) is 134 cm³/mol. The molecule has 3 amide bonds. The Balaban J connectivity index is 1.61. The van der Waals surface area contributed by atoms with Gasteiger partial charge in [-0.1, -0.05) is 51.1 Å². The molecular weight excluding hydrogens is 499 g/mol. The number of imidazole rings is 1. The summed E-state index contributed by atoms with van der Waals surface area (Å²) in [6, 6.07) is 10.8. The lowest BCUT2D eigenvalue weighted by Gasteiger charge is -2.41. The summed E-state index contributed by atoms with van der Waals surface area (Å²) in [4.78, 5) is 44.3. The van der Waals surface area contributed by atoms with Gasteiger partial charge in [-0.3, -0.25) is 14.4 Å². The molecule has 11 heteroatoms. The van der Waals surface area contributed by atoms with Crippen LogP contribution in [0, 0.1) is 5.41 Å². The van der Waals surface area contributed by atoms with Crippen LogP contribution < -0.4 is 10.6 Å². The molecule has 1 aliphatic heterocycles. The molecule has 1 saturated heterocycles. The number of nitrogens with one attached hydrogen (secondary N) is 2. The Morgan fingerprint density at radius 1 is 1.05 bits per heavy atom. The summed E-state index contributed by atoms with van der Waals surface area (Å²) in [6.45, 7) is 5.29. The number of benzene rings is 1. The highest BCUT2D eigenvalue weighted by Gasteiger charge is 2.44. The van der Waals surface area contributed by atoms with Crippen molar-refractivity contribution in [1.82, 2.24) is 24.9 Å². The van der Waals surface area contributed by atoms with Crippen LogP contribution in [0.5, 0.6) is 0 Å². The topological polar surface area (TPSA) is 95.8 Å². The maximum absolute atomic E-state index is 13.5. The molecule has 0 radical (unpaired) electrons. The molecule has 1 aromatic carbocycles. The molecule has 0 unspecified atom stereocenters. The molecule has 38 heavy (non-hydrogen) atoms. The van der Waals surface area contributed by atoms with Crippen LogP contribution >= 0.6 is 0 Å². The predicted octanol–water partition coefficient (Wildman–Crippen LogP) is 3.54. The number of hydrogen-bond donors (Lipinski definition) is 2. The second-order valence-corrected chi connectivity index (χ2v) is 10.6. The van der Waals surface area contributed by atoms with E-state index in [9.17, 15) is 27.6 Å². The van der Waals surface area contributed by atoms with Crippen LogP contribution in [0.2, 0.25) is 0 Å². The molecule has 1 aliphatic rings. The number of carbonyl (C=O) groups is 3. The average molecular weight is 530 g/mol. The van der Waals surface area contributed by atoms with Gasteiger partial charge in [-0.05, 0) is 29.5 Å². The molecule has 0 bridgehead atoms. The number of amides is 3. The summed E-state index contributed by atoms with van der Waals surface area (Å²) in [5.41, 5.74) is 1.04. The summed E-state index contributed by atoms with van der Waals surface area (Å²) in [5, 5.41) is 4.72. The third kappa shape index (κ3) is 5.81.